The molecule has 3 aromatic carbocycles. The van der Waals surface area contributed by atoms with Crippen LogP contribution < -0.4 is 0 Å². The second-order valence-corrected chi connectivity index (χ2v) is 5.79. The van der Waals surface area contributed by atoms with Gasteiger partial charge in [0.15, 0.2) is 0 Å². The number of benzene rings is 3. The van der Waals surface area contributed by atoms with E-state index in [4.69, 9.17) is 0 Å². The van der Waals surface area contributed by atoms with Gasteiger partial charge in [0, 0.05) is 11.8 Å². The molecule has 0 nitrogen and oxygen atoms in total. The van der Waals surface area contributed by atoms with Crippen molar-refractivity contribution in [2.24, 2.45) is 0 Å². The van der Waals surface area contributed by atoms with Gasteiger partial charge in [-0.3, -0.25) is 0 Å². The summed E-state index contributed by atoms with van der Waals surface area (Å²) in [4.78, 5) is 0. The first kappa shape index (κ1) is 12.4. The molecule has 0 saturated heterocycles. The van der Waals surface area contributed by atoms with E-state index in [0.29, 0.717) is 11.8 Å². The number of hydrogen-bond donors (Lipinski definition) is 0. The number of rotatable bonds is 2. The topological polar surface area (TPSA) is 0 Å². The highest BCUT2D eigenvalue weighted by molar-refractivity contribution is 5.48. The van der Waals surface area contributed by atoms with Crippen molar-refractivity contribution >= 4 is 0 Å². The summed E-state index contributed by atoms with van der Waals surface area (Å²) in [6, 6.07) is 30.8. The first-order valence-electron chi connectivity index (χ1n) is 7.62. The van der Waals surface area contributed by atoms with Gasteiger partial charge in [0.1, 0.15) is 0 Å². The molecule has 0 N–H and O–H groups in total. The summed E-state index contributed by atoms with van der Waals surface area (Å²) in [5, 5.41) is 0. The SMILES string of the molecule is c1ccc(C2CC(c3ccccc3)c3ccccc32)cc1. The van der Waals surface area contributed by atoms with E-state index in [1.165, 1.54) is 28.7 Å². The van der Waals surface area contributed by atoms with Crippen LogP contribution in [0.2, 0.25) is 0 Å². The van der Waals surface area contributed by atoms with Crippen LogP contribution in [0.1, 0.15) is 40.5 Å². The molecule has 2 atom stereocenters. The van der Waals surface area contributed by atoms with E-state index < -0.39 is 0 Å². The third-order valence-electron chi connectivity index (χ3n) is 4.62. The third kappa shape index (κ3) is 2.17. The van der Waals surface area contributed by atoms with Crippen molar-refractivity contribution in [1.29, 1.82) is 0 Å². The highest BCUT2D eigenvalue weighted by Gasteiger charge is 2.32. The minimum Gasteiger partial charge on any atom is -0.0622 e. The van der Waals surface area contributed by atoms with Crippen molar-refractivity contribution in [2.75, 3.05) is 0 Å². The van der Waals surface area contributed by atoms with Crippen LogP contribution >= 0.6 is 0 Å². The fraction of sp³-hybridized carbons (Fsp3) is 0.143. The summed E-state index contributed by atoms with van der Waals surface area (Å²) in [7, 11) is 0. The van der Waals surface area contributed by atoms with Crippen molar-refractivity contribution in [3.8, 4) is 0 Å². The van der Waals surface area contributed by atoms with Crippen LogP contribution in [-0.4, -0.2) is 0 Å². The molecule has 0 radical (unpaired) electrons. The Morgan fingerprint density at radius 1 is 0.476 bits per heavy atom. The standard InChI is InChI=1S/C21H18/c1-3-9-16(10-4-1)20-15-21(17-11-5-2-6-12-17)19-14-8-7-13-18(19)20/h1-14,20-21H,15H2. The molecular formula is C21H18. The minimum atomic E-state index is 0.521. The zero-order valence-electron chi connectivity index (χ0n) is 11.9. The molecule has 1 aliphatic carbocycles. The van der Waals surface area contributed by atoms with Gasteiger partial charge in [-0.1, -0.05) is 84.9 Å². The van der Waals surface area contributed by atoms with E-state index in [0.717, 1.165) is 0 Å². The Balaban J connectivity index is 1.81. The van der Waals surface area contributed by atoms with Gasteiger partial charge < -0.3 is 0 Å². The Labute approximate surface area is 126 Å². The Morgan fingerprint density at radius 2 is 0.857 bits per heavy atom. The Hall–Kier alpha value is -2.34. The average Bonchev–Trinajstić information content (AvgIpc) is 2.96. The molecule has 0 aliphatic heterocycles. The highest BCUT2D eigenvalue weighted by atomic mass is 14.3. The van der Waals surface area contributed by atoms with Crippen molar-refractivity contribution < 1.29 is 0 Å². The summed E-state index contributed by atoms with van der Waals surface area (Å²) in [6.07, 6.45) is 1.17. The largest absolute Gasteiger partial charge is 0.0622 e. The fourth-order valence-electron chi connectivity index (χ4n) is 3.64. The van der Waals surface area contributed by atoms with Gasteiger partial charge >= 0.3 is 0 Å². The van der Waals surface area contributed by atoms with E-state index >= 15 is 0 Å². The van der Waals surface area contributed by atoms with E-state index in [1.807, 2.05) is 0 Å². The number of fused-ring (bicyclic) bond motifs is 1. The molecule has 0 amide bonds. The second kappa shape index (κ2) is 5.21. The van der Waals surface area contributed by atoms with Gasteiger partial charge in [0.25, 0.3) is 0 Å². The predicted octanol–water partition coefficient (Wildman–Crippen LogP) is 5.35. The molecule has 0 fully saturated rings. The fourth-order valence-corrected chi connectivity index (χ4v) is 3.64. The molecule has 4 rings (SSSR count). The van der Waals surface area contributed by atoms with E-state index in [1.54, 1.807) is 0 Å². The van der Waals surface area contributed by atoms with Gasteiger partial charge in [-0.05, 0) is 28.7 Å². The normalized spacial score (nSPS) is 20.2. The molecule has 3 aromatic rings. The Kier molecular flexibility index (Phi) is 3.08. The first-order chi connectivity index (χ1) is 10.4. The van der Waals surface area contributed by atoms with Crippen LogP contribution in [0.15, 0.2) is 84.9 Å². The summed E-state index contributed by atoms with van der Waals surface area (Å²) >= 11 is 0. The molecule has 0 heteroatoms. The van der Waals surface area contributed by atoms with Gasteiger partial charge in [-0.15, -0.1) is 0 Å². The first-order valence-corrected chi connectivity index (χ1v) is 7.62. The molecule has 21 heavy (non-hydrogen) atoms. The highest BCUT2D eigenvalue weighted by Crippen LogP contribution is 2.47. The summed E-state index contributed by atoms with van der Waals surface area (Å²) in [5.74, 6) is 1.04. The van der Waals surface area contributed by atoms with Crippen molar-refractivity contribution in [3.05, 3.63) is 107 Å². The van der Waals surface area contributed by atoms with Gasteiger partial charge in [0.2, 0.25) is 0 Å². The predicted molar refractivity (Wildman–Crippen MR) is 87.6 cm³/mol. The maximum absolute atomic E-state index is 2.30. The molecule has 102 valence electrons. The zero-order chi connectivity index (χ0) is 14.1. The van der Waals surface area contributed by atoms with Gasteiger partial charge in [-0.25, -0.2) is 0 Å². The van der Waals surface area contributed by atoms with Gasteiger partial charge in [-0.2, -0.15) is 0 Å². The second-order valence-electron chi connectivity index (χ2n) is 5.79. The third-order valence-corrected chi connectivity index (χ3v) is 4.62. The van der Waals surface area contributed by atoms with Gasteiger partial charge in [0.05, 0.1) is 0 Å². The van der Waals surface area contributed by atoms with Crippen molar-refractivity contribution in [1.82, 2.24) is 0 Å². The lowest BCUT2D eigenvalue weighted by molar-refractivity contribution is 0.715. The average molecular weight is 270 g/mol. The number of hydrogen-bond acceptors (Lipinski definition) is 0. The summed E-state index contributed by atoms with van der Waals surface area (Å²) in [6.45, 7) is 0. The van der Waals surface area contributed by atoms with Crippen LogP contribution in [0.4, 0.5) is 0 Å². The summed E-state index contributed by atoms with van der Waals surface area (Å²) < 4.78 is 0. The lowest BCUT2D eigenvalue weighted by atomic mass is 9.91. The molecule has 0 heterocycles. The van der Waals surface area contributed by atoms with Crippen LogP contribution in [0, 0.1) is 0 Å². The quantitative estimate of drug-likeness (QED) is 0.588. The molecule has 2 unspecified atom stereocenters. The molecule has 1 aliphatic rings. The monoisotopic (exact) mass is 270 g/mol. The van der Waals surface area contributed by atoms with Crippen LogP contribution in [0.25, 0.3) is 0 Å². The van der Waals surface area contributed by atoms with Crippen molar-refractivity contribution in [3.63, 3.8) is 0 Å². The van der Waals surface area contributed by atoms with E-state index in [9.17, 15) is 0 Å². The lowest BCUT2D eigenvalue weighted by Gasteiger charge is -2.13. The van der Waals surface area contributed by atoms with Crippen LogP contribution in [0.3, 0.4) is 0 Å². The van der Waals surface area contributed by atoms with E-state index in [2.05, 4.69) is 84.9 Å². The molecule has 0 spiro atoms. The maximum atomic E-state index is 2.30. The molecule has 0 saturated carbocycles. The van der Waals surface area contributed by atoms with Crippen LogP contribution in [-0.2, 0) is 0 Å². The lowest BCUT2D eigenvalue weighted by Crippen LogP contribution is -1.97. The van der Waals surface area contributed by atoms with E-state index in [-0.39, 0.29) is 0 Å². The maximum Gasteiger partial charge on any atom is 0.0101 e. The zero-order valence-corrected chi connectivity index (χ0v) is 11.9. The van der Waals surface area contributed by atoms with Crippen LogP contribution in [0.5, 0.6) is 0 Å². The smallest absolute Gasteiger partial charge is 0.0101 e. The molecular weight excluding hydrogens is 252 g/mol. The molecule has 0 aromatic heterocycles. The van der Waals surface area contributed by atoms with Crippen molar-refractivity contribution in [2.45, 2.75) is 18.3 Å². The minimum absolute atomic E-state index is 0.521. The molecule has 0 bridgehead atoms. The Morgan fingerprint density at radius 3 is 1.29 bits per heavy atom. The Bertz CT molecular complexity index is 664. The summed E-state index contributed by atoms with van der Waals surface area (Å²) in [5.41, 5.74) is 5.86.